The lowest BCUT2D eigenvalue weighted by molar-refractivity contribution is 0.415. The predicted molar refractivity (Wildman–Crippen MR) is 73.4 cm³/mol. The van der Waals surface area contributed by atoms with Gasteiger partial charge in [0.15, 0.2) is 0 Å². The molecule has 0 saturated carbocycles. The van der Waals surface area contributed by atoms with E-state index in [0.29, 0.717) is 5.69 Å². The monoisotopic (exact) mass is 245 g/mol. The summed E-state index contributed by atoms with van der Waals surface area (Å²) < 4.78 is 7.06. The summed E-state index contributed by atoms with van der Waals surface area (Å²) >= 11 is 0. The minimum absolute atomic E-state index is 0.669. The van der Waals surface area contributed by atoms with Gasteiger partial charge in [-0.2, -0.15) is 5.10 Å². The Morgan fingerprint density at radius 2 is 2.06 bits per heavy atom. The zero-order chi connectivity index (χ0) is 13.3. The van der Waals surface area contributed by atoms with Crippen molar-refractivity contribution in [1.29, 1.82) is 0 Å². The Balaban J connectivity index is 2.55. The number of aromatic nitrogens is 2. The van der Waals surface area contributed by atoms with E-state index >= 15 is 0 Å². The molecule has 4 heteroatoms. The molecule has 1 aromatic carbocycles. The van der Waals surface area contributed by atoms with Crippen LogP contribution < -0.4 is 10.5 Å². The van der Waals surface area contributed by atoms with E-state index in [4.69, 9.17) is 10.5 Å². The van der Waals surface area contributed by atoms with Crippen LogP contribution in [0.2, 0.25) is 0 Å². The van der Waals surface area contributed by atoms with Gasteiger partial charge in [-0.15, -0.1) is 0 Å². The molecule has 0 amide bonds. The average molecular weight is 245 g/mol. The summed E-state index contributed by atoms with van der Waals surface area (Å²) in [7, 11) is 1.63. The van der Waals surface area contributed by atoms with Crippen LogP contribution in [0.4, 0.5) is 5.69 Å². The van der Waals surface area contributed by atoms with E-state index in [0.717, 1.165) is 29.2 Å². The van der Waals surface area contributed by atoms with Crippen LogP contribution in [0.25, 0.3) is 5.69 Å². The van der Waals surface area contributed by atoms with E-state index in [1.165, 1.54) is 5.56 Å². The number of aryl methyl sites for hydroxylation is 1. The van der Waals surface area contributed by atoms with Crippen molar-refractivity contribution >= 4 is 5.69 Å². The molecule has 96 valence electrons. The first-order valence-electron chi connectivity index (χ1n) is 6.07. The average Bonchev–Trinajstić information content (AvgIpc) is 2.64. The molecule has 0 radical (unpaired) electrons. The summed E-state index contributed by atoms with van der Waals surface area (Å²) in [4.78, 5) is 0. The molecular formula is C14H19N3O. The molecule has 0 atom stereocenters. The smallest absolute Gasteiger partial charge is 0.121 e. The Bertz CT molecular complexity index is 573. The van der Waals surface area contributed by atoms with Crippen LogP contribution in [0.1, 0.15) is 23.9 Å². The maximum atomic E-state index is 6.06. The topological polar surface area (TPSA) is 53.1 Å². The number of nitrogens with zero attached hydrogens (tertiary/aromatic N) is 2. The predicted octanol–water partition coefficient (Wildman–Crippen LogP) is 2.64. The number of methoxy groups -OCH3 is 1. The SMILES string of the molecule is CCc1c(C)nn(-c2ccc(OC)cc2N)c1C. The van der Waals surface area contributed by atoms with Crippen molar-refractivity contribution in [3.8, 4) is 11.4 Å². The summed E-state index contributed by atoms with van der Waals surface area (Å²) in [5.41, 5.74) is 11.1. The van der Waals surface area contributed by atoms with E-state index in [9.17, 15) is 0 Å². The van der Waals surface area contributed by atoms with Gasteiger partial charge in [-0.25, -0.2) is 4.68 Å². The molecular weight excluding hydrogens is 226 g/mol. The van der Waals surface area contributed by atoms with E-state index < -0.39 is 0 Å². The van der Waals surface area contributed by atoms with Crippen LogP contribution in [-0.4, -0.2) is 16.9 Å². The van der Waals surface area contributed by atoms with E-state index in [1.54, 1.807) is 7.11 Å². The first-order chi connectivity index (χ1) is 8.58. The third kappa shape index (κ3) is 1.94. The fraction of sp³-hybridized carbons (Fsp3) is 0.357. The summed E-state index contributed by atoms with van der Waals surface area (Å²) in [5, 5.41) is 4.56. The van der Waals surface area contributed by atoms with Gasteiger partial charge in [0.1, 0.15) is 5.75 Å². The fourth-order valence-electron chi connectivity index (χ4n) is 2.27. The molecule has 0 fully saturated rings. The molecule has 0 aliphatic rings. The van der Waals surface area contributed by atoms with Gasteiger partial charge >= 0.3 is 0 Å². The van der Waals surface area contributed by atoms with Gasteiger partial charge in [-0.1, -0.05) is 6.92 Å². The van der Waals surface area contributed by atoms with Crippen LogP contribution in [0.3, 0.4) is 0 Å². The molecule has 1 heterocycles. The summed E-state index contributed by atoms with van der Waals surface area (Å²) in [5.74, 6) is 0.758. The second-order valence-corrected chi connectivity index (χ2v) is 4.34. The molecule has 2 N–H and O–H groups in total. The lowest BCUT2D eigenvalue weighted by atomic mass is 10.1. The molecule has 2 aromatic rings. The molecule has 0 aliphatic heterocycles. The third-order valence-corrected chi connectivity index (χ3v) is 3.26. The number of benzene rings is 1. The van der Waals surface area contributed by atoms with Crippen molar-refractivity contribution in [2.24, 2.45) is 0 Å². The van der Waals surface area contributed by atoms with Crippen LogP contribution in [0.5, 0.6) is 5.75 Å². The lowest BCUT2D eigenvalue weighted by Crippen LogP contribution is -2.04. The van der Waals surface area contributed by atoms with E-state index in [-0.39, 0.29) is 0 Å². The quantitative estimate of drug-likeness (QED) is 0.846. The highest BCUT2D eigenvalue weighted by atomic mass is 16.5. The number of nitrogen functional groups attached to an aromatic ring is 1. The highest BCUT2D eigenvalue weighted by Crippen LogP contribution is 2.25. The van der Waals surface area contributed by atoms with Crippen LogP contribution in [-0.2, 0) is 6.42 Å². The Morgan fingerprint density at radius 1 is 1.33 bits per heavy atom. The maximum absolute atomic E-state index is 6.06. The van der Waals surface area contributed by atoms with Crippen molar-refractivity contribution < 1.29 is 4.74 Å². The number of rotatable bonds is 3. The highest BCUT2D eigenvalue weighted by molar-refractivity contribution is 5.61. The zero-order valence-corrected chi connectivity index (χ0v) is 11.3. The number of hydrogen-bond acceptors (Lipinski definition) is 3. The molecule has 0 bridgehead atoms. The van der Waals surface area contributed by atoms with Gasteiger partial charge in [-0.05, 0) is 38.0 Å². The number of ether oxygens (including phenoxy) is 1. The van der Waals surface area contributed by atoms with E-state index in [1.807, 2.05) is 29.8 Å². The number of nitrogens with two attached hydrogens (primary N) is 1. The fourth-order valence-corrected chi connectivity index (χ4v) is 2.27. The highest BCUT2D eigenvalue weighted by Gasteiger charge is 2.13. The molecule has 0 aliphatic carbocycles. The van der Waals surface area contributed by atoms with Crippen molar-refractivity contribution in [1.82, 2.24) is 9.78 Å². The second kappa shape index (κ2) is 4.72. The van der Waals surface area contributed by atoms with Crippen molar-refractivity contribution in [2.75, 3.05) is 12.8 Å². The van der Waals surface area contributed by atoms with Crippen molar-refractivity contribution in [3.05, 3.63) is 35.2 Å². The first-order valence-corrected chi connectivity index (χ1v) is 6.07. The van der Waals surface area contributed by atoms with Crippen LogP contribution in [0, 0.1) is 13.8 Å². The van der Waals surface area contributed by atoms with Gasteiger partial charge in [-0.3, -0.25) is 0 Å². The Hall–Kier alpha value is -1.97. The largest absolute Gasteiger partial charge is 0.497 e. The second-order valence-electron chi connectivity index (χ2n) is 4.34. The molecule has 2 rings (SSSR count). The minimum atomic E-state index is 0.669. The normalized spacial score (nSPS) is 10.7. The van der Waals surface area contributed by atoms with Gasteiger partial charge < -0.3 is 10.5 Å². The van der Waals surface area contributed by atoms with Crippen LogP contribution >= 0.6 is 0 Å². The molecule has 0 unspecified atom stereocenters. The molecule has 0 spiro atoms. The Morgan fingerprint density at radius 3 is 2.56 bits per heavy atom. The van der Waals surface area contributed by atoms with Gasteiger partial charge in [0, 0.05) is 11.8 Å². The van der Waals surface area contributed by atoms with Gasteiger partial charge in [0.2, 0.25) is 0 Å². The Labute approximate surface area is 107 Å². The summed E-state index contributed by atoms with van der Waals surface area (Å²) in [6.07, 6.45) is 0.980. The first kappa shape index (κ1) is 12.5. The number of hydrogen-bond donors (Lipinski definition) is 1. The minimum Gasteiger partial charge on any atom is -0.497 e. The molecule has 0 saturated heterocycles. The van der Waals surface area contributed by atoms with Crippen molar-refractivity contribution in [2.45, 2.75) is 27.2 Å². The number of anilines is 1. The summed E-state index contributed by atoms with van der Waals surface area (Å²) in [6.45, 7) is 6.24. The zero-order valence-electron chi connectivity index (χ0n) is 11.3. The van der Waals surface area contributed by atoms with Gasteiger partial charge in [0.25, 0.3) is 0 Å². The standard InChI is InChI=1S/C14H19N3O/c1-5-12-9(2)16-17(10(12)3)14-7-6-11(18-4)8-13(14)15/h6-8H,5,15H2,1-4H3. The maximum Gasteiger partial charge on any atom is 0.121 e. The molecule has 18 heavy (non-hydrogen) atoms. The molecule has 1 aromatic heterocycles. The van der Waals surface area contributed by atoms with Crippen molar-refractivity contribution in [3.63, 3.8) is 0 Å². The summed E-state index contributed by atoms with van der Waals surface area (Å²) in [6, 6.07) is 5.65. The van der Waals surface area contributed by atoms with Crippen LogP contribution in [0.15, 0.2) is 18.2 Å². The van der Waals surface area contributed by atoms with Gasteiger partial charge in [0.05, 0.1) is 24.2 Å². The Kier molecular flexibility index (Phi) is 3.28. The molecule has 4 nitrogen and oxygen atoms in total. The van der Waals surface area contributed by atoms with E-state index in [2.05, 4.69) is 18.9 Å². The lowest BCUT2D eigenvalue weighted by Gasteiger charge is -2.10. The third-order valence-electron chi connectivity index (χ3n) is 3.26.